The Morgan fingerprint density at radius 3 is 2.88 bits per heavy atom. The Morgan fingerprint density at radius 2 is 2.24 bits per heavy atom. The van der Waals surface area contributed by atoms with E-state index < -0.39 is 0 Å². The van der Waals surface area contributed by atoms with Gasteiger partial charge in [-0.3, -0.25) is 9.89 Å². The van der Waals surface area contributed by atoms with Crippen molar-refractivity contribution in [1.29, 1.82) is 0 Å². The molecule has 0 spiro atoms. The molecule has 1 N–H and O–H groups in total. The minimum absolute atomic E-state index is 0.205. The van der Waals surface area contributed by atoms with Crippen LogP contribution in [0.2, 0.25) is 0 Å². The number of aromatic nitrogens is 2. The zero-order chi connectivity index (χ0) is 17.2. The average molecular weight is 343 g/mol. The van der Waals surface area contributed by atoms with Crippen LogP contribution in [0.25, 0.3) is 11.1 Å². The van der Waals surface area contributed by atoms with Crippen molar-refractivity contribution in [3.8, 4) is 11.1 Å². The van der Waals surface area contributed by atoms with E-state index >= 15 is 0 Å². The number of hydrogen-bond acceptors (Lipinski definition) is 3. The Morgan fingerprint density at radius 1 is 1.32 bits per heavy atom. The van der Waals surface area contributed by atoms with Gasteiger partial charge in [-0.15, -0.1) is 0 Å². The van der Waals surface area contributed by atoms with Crippen LogP contribution in [0.1, 0.15) is 37.4 Å². The standard InChI is InChI=1S/C19H22FN3O2/c20-17-8-14(15-9-21-22-10-15)4-5-16(17)18-6-3-13(12-25-18)11-23-7-1-2-19(23)24/h4-5,8-10,13,18H,1-3,6-7,11-12H2,(H,21,22)/t13-,18+/m1/s1. The molecular weight excluding hydrogens is 321 g/mol. The van der Waals surface area contributed by atoms with Gasteiger partial charge in [-0.2, -0.15) is 5.10 Å². The van der Waals surface area contributed by atoms with Crippen LogP contribution in [0.15, 0.2) is 30.6 Å². The second-order valence-corrected chi connectivity index (χ2v) is 6.93. The van der Waals surface area contributed by atoms with Gasteiger partial charge in [0.05, 0.1) is 18.9 Å². The third-order valence-electron chi connectivity index (χ3n) is 5.20. The maximum absolute atomic E-state index is 14.5. The lowest BCUT2D eigenvalue weighted by Gasteiger charge is -2.32. The smallest absolute Gasteiger partial charge is 0.222 e. The van der Waals surface area contributed by atoms with Gasteiger partial charge in [-0.05, 0) is 30.9 Å². The predicted molar refractivity (Wildman–Crippen MR) is 91.2 cm³/mol. The van der Waals surface area contributed by atoms with Gasteiger partial charge in [0.25, 0.3) is 0 Å². The first-order valence-corrected chi connectivity index (χ1v) is 8.88. The monoisotopic (exact) mass is 343 g/mol. The largest absolute Gasteiger partial charge is 0.373 e. The van der Waals surface area contributed by atoms with Crippen molar-refractivity contribution in [2.45, 2.75) is 31.8 Å². The molecule has 5 nitrogen and oxygen atoms in total. The summed E-state index contributed by atoms with van der Waals surface area (Å²) in [6, 6.07) is 5.26. The van der Waals surface area contributed by atoms with E-state index in [1.165, 1.54) is 0 Å². The third kappa shape index (κ3) is 3.44. The molecule has 2 aromatic rings. The van der Waals surface area contributed by atoms with Gasteiger partial charge in [0.1, 0.15) is 5.82 Å². The molecule has 132 valence electrons. The van der Waals surface area contributed by atoms with Crippen molar-refractivity contribution in [3.05, 3.63) is 42.0 Å². The zero-order valence-electron chi connectivity index (χ0n) is 14.1. The molecule has 2 aliphatic heterocycles. The summed E-state index contributed by atoms with van der Waals surface area (Å²) >= 11 is 0. The van der Waals surface area contributed by atoms with Crippen molar-refractivity contribution in [2.75, 3.05) is 19.7 Å². The molecule has 25 heavy (non-hydrogen) atoms. The first kappa shape index (κ1) is 16.3. The summed E-state index contributed by atoms with van der Waals surface area (Å²) in [6.45, 7) is 2.22. The van der Waals surface area contributed by atoms with E-state index in [1.807, 2.05) is 17.0 Å². The quantitative estimate of drug-likeness (QED) is 0.927. The molecule has 1 aromatic carbocycles. The molecule has 2 saturated heterocycles. The van der Waals surface area contributed by atoms with Crippen LogP contribution >= 0.6 is 0 Å². The van der Waals surface area contributed by atoms with Crippen LogP contribution in [0.3, 0.4) is 0 Å². The number of H-pyrrole nitrogens is 1. The summed E-state index contributed by atoms with van der Waals surface area (Å²) in [5, 5.41) is 6.63. The number of nitrogens with zero attached hydrogens (tertiary/aromatic N) is 2. The van der Waals surface area contributed by atoms with Crippen LogP contribution in [0, 0.1) is 11.7 Å². The van der Waals surface area contributed by atoms with Crippen LogP contribution in [-0.2, 0) is 9.53 Å². The molecule has 1 amide bonds. The molecule has 3 heterocycles. The van der Waals surface area contributed by atoms with E-state index in [2.05, 4.69) is 10.2 Å². The van der Waals surface area contributed by atoms with Gasteiger partial charge >= 0.3 is 0 Å². The van der Waals surface area contributed by atoms with Crippen molar-refractivity contribution < 1.29 is 13.9 Å². The van der Waals surface area contributed by atoms with Crippen LogP contribution in [0.5, 0.6) is 0 Å². The van der Waals surface area contributed by atoms with Gasteiger partial charge in [-0.1, -0.05) is 12.1 Å². The zero-order valence-corrected chi connectivity index (χ0v) is 14.1. The number of nitrogens with one attached hydrogen (secondary N) is 1. The number of hydrogen-bond donors (Lipinski definition) is 1. The Bertz CT molecular complexity index is 739. The summed E-state index contributed by atoms with van der Waals surface area (Å²) < 4.78 is 20.5. The number of benzene rings is 1. The molecule has 0 saturated carbocycles. The molecule has 2 aliphatic rings. The lowest BCUT2D eigenvalue weighted by Crippen LogP contribution is -2.34. The maximum atomic E-state index is 14.5. The molecular formula is C19H22FN3O2. The topological polar surface area (TPSA) is 58.2 Å². The van der Waals surface area contributed by atoms with E-state index in [-0.39, 0.29) is 17.8 Å². The van der Waals surface area contributed by atoms with Gasteiger partial charge in [0, 0.05) is 42.8 Å². The van der Waals surface area contributed by atoms with E-state index in [4.69, 9.17) is 4.74 Å². The average Bonchev–Trinajstić information content (AvgIpc) is 3.28. The van der Waals surface area contributed by atoms with Crippen LogP contribution in [-0.4, -0.2) is 40.7 Å². The Labute approximate surface area is 146 Å². The highest BCUT2D eigenvalue weighted by atomic mass is 19.1. The highest BCUT2D eigenvalue weighted by molar-refractivity contribution is 5.78. The minimum Gasteiger partial charge on any atom is -0.373 e. The maximum Gasteiger partial charge on any atom is 0.222 e. The molecule has 6 heteroatoms. The van der Waals surface area contributed by atoms with Gasteiger partial charge in [0.2, 0.25) is 5.91 Å². The summed E-state index contributed by atoms with van der Waals surface area (Å²) in [7, 11) is 0. The fraction of sp³-hybridized carbons (Fsp3) is 0.474. The SMILES string of the molecule is O=C1CCCN1C[C@H]1CC[C@@H](c2ccc(-c3cn[nH]c3)cc2F)OC1. The number of ether oxygens (including phenoxy) is 1. The van der Waals surface area contributed by atoms with Gasteiger partial charge < -0.3 is 9.64 Å². The molecule has 0 unspecified atom stereocenters. The first-order valence-electron chi connectivity index (χ1n) is 8.88. The van der Waals surface area contributed by atoms with E-state index in [0.29, 0.717) is 24.5 Å². The molecule has 0 aliphatic carbocycles. The van der Waals surface area contributed by atoms with E-state index in [1.54, 1.807) is 18.5 Å². The number of amides is 1. The number of aromatic amines is 1. The molecule has 2 atom stereocenters. The van der Waals surface area contributed by atoms with E-state index in [0.717, 1.165) is 43.5 Å². The normalized spacial score (nSPS) is 24.0. The number of carbonyl (C=O) groups excluding carboxylic acids is 1. The first-order chi connectivity index (χ1) is 12.2. The van der Waals surface area contributed by atoms with Crippen LogP contribution in [0.4, 0.5) is 4.39 Å². The number of rotatable bonds is 4. The Kier molecular flexibility index (Phi) is 4.53. The Balaban J connectivity index is 1.38. The summed E-state index contributed by atoms with van der Waals surface area (Å²) in [4.78, 5) is 13.7. The fourth-order valence-corrected chi connectivity index (χ4v) is 3.78. The van der Waals surface area contributed by atoms with Gasteiger partial charge in [0.15, 0.2) is 0 Å². The highest BCUT2D eigenvalue weighted by Gasteiger charge is 2.29. The molecule has 0 bridgehead atoms. The van der Waals surface area contributed by atoms with Crippen LogP contribution < -0.4 is 0 Å². The van der Waals surface area contributed by atoms with E-state index in [9.17, 15) is 9.18 Å². The van der Waals surface area contributed by atoms with Crippen molar-refractivity contribution in [3.63, 3.8) is 0 Å². The second kappa shape index (κ2) is 6.96. The molecule has 4 rings (SSSR count). The summed E-state index contributed by atoms with van der Waals surface area (Å²) in [5.74, 6) is 0.367. The number of carbonyl (C=O) groups is 1. The number of likely N-dealkylation sites (tertiary alicyclic amines) is 1. The Hall–Kier alpha value is -2.21. The molecule has 1 aromatic heterocycles. The molecule has 0 radical (unpaired) electrons. The summed E-state index contributed by atoms with van der Waals surface area (Å²) in [6.07, 6.45) is 6.59. The second-order valence-electron chi connectivity index (χ2n) is 6.93. The van der Waals surface area contributed by atoms with Crippen molar-refractivity contribution >= 4 is 5.91 Å². The minimum atomic E-state index is -0.239. The summed E-state index contributed by atoms with van der Waals surface area (Å²) in [5.41, 5.74) is 2.28. The predicted octanol–water partition coefficient (Wildman–Crippen LogP) is 3.31. The third-order valence-corrected chi connectivity index (χ3v) is 5.20. The number of halogens is 1. The lowest BCUT2D eigenvalue weighted by molar-refractivity contribution is -0.129. The van der Waals surface area contributed by atoms with Crippen molar-refractivity contribution in [1.82, 2.24) is 15.1 Å². The van der Waals surface area contributed by atoms with Crippen molar-refractivity contribution in [2.24, 2.45) is 5.92 Å². The fourth-order valence-electron chi connectivity index (χ4n) is 3.78. The molecule has 2 fully saturated rings. The van der Waals surface area contributed by atoms with Gasteiger partial charge in [-0.25, -0.2) is 4.39 Å². The lowest BCUT2D eigenvalue weighted by atomic mass is 9.93. The highest BCUT2D eigenvalue weighted by Crippen LogP contribution is 2.34.